The lowest BCUT2D eigenvalue weighted by Crippen LogP contribution is -2.36. The van der Waals surface area contributed by atoms with Crippen molar-refractivity contribution in [2.24, 2.45) is 17.0 Å². The predicted octanol–water partition coefficient (Wildman–Crippen LogP) is 1.21. The van der Waals surface area contributed by atoms with Gasteiger partial charge in [0.2, 0.25) is 11.8 Å². The highest BCUT2D eigenvalue weighted by atomic mass is 32.2. The van der Waals surface area contributed by atoms with Crippen molar-refractivity contribution in [2.45, 2.75) is 13.8 Å². The largest absolute Gasteiger partial charge is 0.368 e. The van der Waals surface area contributed by atoms with Gasteiger partial charge in [-0.15, -0.1) is 0 Å². The Labute approximate surface area is 139 Å². The Balaban J connectivity index is 2.15. The van der Waals surface area contributed by atoms with Crippen molar-refractivity contribution in [3.63, 3.8) is 0 Å². The highest BCUT2D eigenvalue weighted by Gasteiger charge is 2.44. The molecule has 2 unspecified atom stereocenters. The van der Waals surface area contributed by atoms with Crippen LogP contribution in [0.2, 0.25) is 0 Å². The second-order valence-electron chi connectivity index (χ2n) is 5.34. The minimum atomic E-state index is -4.34. The molecule has 1 heterocycles. The summed E-state index contributed by atoms with van der Waals surface area (Å²) in [6.45, 7) is 10.2. The Morgan fingerprint density at radius 2 is 1.75 bits per heavy atom. The van der Waals surface area contributed by atoms with Crippen LogP contribution >= 0.6 is 0 Å². The second kappa shape index (κ2) is 6.80. The van der Waals surface area contributed by atoms with Crippen molar-refractivity contribution in [3.8, 4) is 0 Å². The molecule has 0 spiro atoms. The van der Waals surface area contributed by atoms with Crippen molar-refractivity contribution < 1.29 is 22.3 Å². The van der Waals surface area contributed by atoms with Crippen LogP contribution in [-0.2, 0) is 24.0 Å². The summed E-state index contributed by atoms with van der Waals surface area (Å²) in [7, 11) is -4.34. The van der Waals surface area contributed by atoms with E-state index in [0.717, 1.165) is 0 Å². The summed E-state index contributed by atoms with van der Waals surface area (Å²) in [5.74, 6) is -3.49. The maximum atomic E-state index is 12.0. The van der Waals surface area contributed by atoms with Gasteiger partial charge in [-0.2, -0.15) is 12.7 Å². The number of carbonyl (C=O) groups is 2. The molecule has 126 valence electrons. The van der Waals surface area contributed by atoms with Gasteiger partial charge in [-0.1, -0.05) is 50.8 Å². The van der Waals surface area contributed by atoms with E-state index in [2.05, 4.69) is 14.3 Å². The van der Waals surface area contributed by atoms with Crippen LogP contribution in [0.1, 0.15) is 19.4 Å². The van der Waals surface area contributed by atoms with Gasteiger partial charge in [0.25, 0.3) is 0 Å². The van der Waals surface area contributed by atoms with E-state index in [9.17, 15) is 18.0 Å². The number of amidine groups is 1. The number of imide groups is 1. The first-order valence-corrected chi connectivity index (χ1v) is 8.62. The Kier molecular flexibility index (Phi) is 4.99. The second-order valence-corrected chi connectivity index (χ2v) is 6.86. The Bertz CT molecular complexity index is 806. The highest BCUT2D eigenvalue weighted by Crippen LogP contribution is 2.25. The molecule has 0 aliphatic carbocycles. The molecule has 0 aromatic heterocycles. The zero-order valence-corrected chi connectivity index (χ0v) is 13.9. The lowest BCUT2D eigenvalue weighted by Gasteiger charge is -2.11. The third kappa shape index (κ3) is 3.60. The molecule has 0 saturated carbocycles. The summed E-state index contributed by atoms with van der Waals surface area (Å²) in [4.78, 5) is 27.6. The number of likely N-dealkylation sites (tertiary alicyclic amines) is 1. The van der Waals surface area contributed by atoms with E-state index in [1.807, 2.05) is 0 Å². The van der Waals surface area contributed by atoms with Crippen LogP contribution in [0.4, 0.5) is 0 Å². The molecular weight excluding hydrogens is 334 g/mol. The average Bonchev–Trinajstić information content (AvgIpc) is 2.74. The molecule has 0 radical (unpaired) electrons. The third-order valence-electron chi connectivity index (χ3n) is 3.72. The SMILES string of the molecule is [C-]#[N+]C(=NOS(=O)(=O)CN1C(=O)C(C)C(C)C1=O)c1ccccc1. The van der Waals surface area contributed by atoms with Crippen LogP contribution < -0.4 is 0 Å². The van der Waals surface area contributed by atoms with E-state index in [1.165, 1.54) is 0 Å². The molecule has 1 aromatic rings. The van der Waals surface area contributed by atoms with Crippen molar-refractivity contribution in [3.05, 3.63) is 47.3 Å². The van der Waals surface area contributed by atoms with Crippen molar-refractivity contribution in [1.82, 2.24) is 4.90 Å². The van der Waals surface area contributed by atoms with Crippen LogP contribution in [0.5, 0.6) is 0 Å². The van der Waals surface area contributed by atoms with Crippen LogP contribution in [0.25, 0.3) is 4.85 Å². The molecule has 2 atom stereocenters. The summed E-state index contributed by atoms with van der Waals surface area (Å²) in [6, 6.07) is 8.20. The predicted molar refractivity (Wildman–Crippen MR) is 84.6 cm³/mol. The van der Waals surface area contributed by atoms with Crippen LogP contribution in [0, 0.1) is 18.4 Å². The highest BCUT2D eigenvalue weighted by molar-refractivity contribution is 7.86. The maximum Gasteiger partial charge on any atom is 0.368 e. The van der Waals surface area contributed by atoms with Crippen molar-refractivity contribution in [2.75, 3.05) is 5.88 Å². The normalized spacial score (nSPS) is 21.7. The van der Waals surface area contributed by atoms with E-state index in [1.54, 1.807) is 44.2 Å². The summed E-state index contributed by atoms with van der Waals surface area (Å²) in [5, 5.41) is 3.34. The molecule has 24 heavy (non-hydrogen) atoms. The third-order valence-corrected chi connectivity index (χ3v) is 4.60. The molecule has 1 aromatic carbocycles. The number of carbonyl (C=O) groups excluding carboxylic acids is 2. The number of hydrogen-bond acceptors (Lipinski definition) is 6. The van der Waals surface area contributed by atoms with Gasteiger partial charge in [-0.25, -0.2) is 0 Å². The van der Waals surface area contributed by atoms with E-state index >= 15 is 0 Å². The fourth-order valence-electron chi connectivity index (χ4n) is 2.15. The van der Waals surface area contributed by atoms with Gasteiger partial charge in [-0.3, -0.25) is 14.5 Å². The van der Waals surface area contributed by atoms with Gasteiger partial charge in [0.05, 0.1) is 5.16 Å². The molecular formula is C15H15N3O5S. The Morgan fingerprint density at radius 3 is 2.25 bits per heavy atom. The topological polar surface area (TPSA) is 97.5 Å². The van der Waals surface area contributed by atoms with E-state index < -0.39 is 39.6 Å². The Morgan fingerprint density at radius 1 is 1.21 bits per heavy atom. The molecule has 2 rings (SSSR count). The molecule has 8 nitrogen and oxygen atoms in total. The molecule has 0 bridgehead atoms. The van der Waals surface area contributed by atoms with E-state index in [-0.39, 0.29) is 5.84 Å². The fraction of sp³-hybridized carbons (Fsp3) is 0.333. The fourth-order valence-corrected chi connectivity index (χ4v) is 2.96. The number of hydrogen-bond donors (Lipinski definition) is 0. The van der Waals surface area contributed by atoms with Crippen molar-refractivity contribution >= 4 is 27.8 Å². The number of oxime groups is 1. The van der Waals surface area contributed by atoms with Gasteiger partial charge in [0, 0.05) is 17.4 Å². The average molecular weight is 349 g/mol. The molecule has 0 N–H and O–H groups in total. The number of amides is 2. The lowest BCUT2D eigenvalue weighted by molar-refractivity contribution is -0.138. The first kappa shape index (κ1) is 17.6. The summed E-state index contributed by atoms with van der Waals surface area (Å²) < 4.78 is 28.4. The van der Waals surface area contributed by atoms with Crippen LogP contribution in [0.15, 0.2) is 35.5 Å². The quantitative estimate of drug-likeness (QED) is 0.262. The molecule has 1 aliphatic heterocycles. The molecule has 2 amide bonds. The first-order chi connectivity index (χ1) is 11.3. The van der Waals surface area contributed by atoms with Crippen LogP contribution in [0.3, 0.4) is 0 Å². The molecule has 1 fully saturated rings. The van der Waals surface area contributed by atoms with E-state index in [0.29, 0.717) is 10.5 Å². The van der Waals surface area contributed by atoms with E-state index in [4.69, 9.17) is 6.57 Å². The molecule has 1 saturated heterocycles. The summed E-state index contributed by atoms with van der Waals surface area (Å²) >= 11 is 0. The van der Waals surface area contributed by atoms with Crippen molar-refractivity contribution in [1.29, 1.82) is 0 Å². The molecule has 9 heteroatoms. The smallest absolute Gasteiger partial charge is 0.357 e. The minimum Gasteiger partial charge on any atom is -0.357 e. The maximum absolute atomic E-state index is 12.0. The lowest BCUT2D eigenvalue weighted by atomic mass is 10.00. The van der Waals surface area contributed by atoms with Gasteiger partial charge >= 0.3 is 16.0 Å². The number of rotatable bonds is 5. The zero-order chi connectivity index (χ0) is 17.9. The Hall–Kier alpha value is -2.73. The number of nitrogens with zero attached hydrogens (tertiary/aromatic N) is 3. The first-order valence-electron chi connectivity index (χ1n) is 7.04. The minimum absolute atomic E-state index is 0.250. The summed E-state index contributed by atoms with van der Waals surface area (Å²) in [6.07, 6.45) is 0. The van der Waals surface area contributed by atoms with Gasteiger partial charge < -0.3 is 4.85 Å². The van der Waals surface area contributed by atoms with Gasteiger partial charge in [0.1, 0.15) is 0 Å². The summed E-state index contributed by atoms with van der Waals surface area (Å²) in [5.41, 5.74) is 0.387. The monoisotopic (exact) mass is 349 g/mol. The zero-order valence-electron chi connectivity index (χ0n) is 13.0. The van der Waals surface area contributed by atoms with Crippen LogP contribution in [-0.4, -0.2) is 36.8 Å². The molecule has 1 aliphatic rings. The van der Waals surface area contributed by atoms with Gasteiger partial charge in [0.15, 0.2) is 5.88 Å². The number of benzene rings is 1. The van der Waals surface area contributed by atoms with Gasteiger partial charge in [-0.05, 0) is 0 Å². The standard InChI is InChI=1S/C15H15N3O5S/c1-10-11(2)15(20)18(14(10)19)9-24(21,22)23-17-13(16-3)12-7-5-4-6-8-12/h4-8,10-11H,9H2,1-2H3.